The molecule has 1 aliphatic rings. The number of rotatable bonds is 6. The third kappa shape index (κ3) is 4.30. The van der Waals surface area contributed by atoms with Crippen LogP contribution in [0.4, 0.5) is 0 Å². The van der Waals surface area contributed by atoms with Gasteiger partial charge >= 0.3 is 5.97 Å². The molecule has 5 heteroatoms. The topological polar surface area (TPSA) is 52.3 Å². The summed E-state index contributed by atoms with van der Waals surface area (Å²) in [5.74, 6) is -0.0739. The number of esters is 1. The highest BCUT2D eigenvalue weighted by atomic mass is 79.9. The van der Waals surface area contributed by atoms with E-state index in [4.69, 9.17) is 10.5 Å². The molecule has 3 nitrogen and oxygen atoms in total. The highest BCUT2D eigenvalue weighted by Gasteiger charge is 2.38. The first-order valence-corrected chi connectivity index (χ1v) is 9.24. The predicted octanol–water partition coefficient (Wildman–Crippen LogP) is 4.72. The summed E-state index contributed by atoms with van der Waals surface area (Å²) in [4.78, 5) is 13.1. The average molecular weight is 374 g/mol. The predicted molar refractivity (Wildman–Crippen MR) is 90.5 cm³/mol. The van der Waals surface area contributed by atoms with Crippen LogP contribution in [0.15, 0.2) is 9.85 Å². The van der Waals surface area contributed by atoms with E-state index in [0.717, 1.165) is 23.0 Å². The molecule has 21 heavy (non-hydrogen) atoms. The zero-order valence-electron chi connectivity index (χ0n) is 12.8. The number of halogens is 1. The van der Waals surface area contributed by atoms with Crippen molar-refractivity contribution in [1.29, 1.82) is 0 Å². The van der Waals surface area contributed by atoms with Gasteiger partial charge in [-0.2, -0.15) is 0 Å². The number of nitrogens with two attached hydrogens (primary N) is 1. The van der Waals surface area contributed by atoms with Crippen molar-refractivity contribution in [1.82, 2.24) is 0 Å². The smallest absolute Gasteiger partial charge is 0.306 e. The van der Waals surface area contributed by atoms with Crippen molar-refractivity contribution in [3.8, 4) is 0 Å². The van der Waals surface area contributed by atoms with Gasteiger partial charge in [0.1, 0.15) is 0 Å². The van der Waals surface area contributed by atoms with Crippen LogP contribution in [0, 0.1) is 12.3 Å². The van der Waals surface area contributed by atoms with Gasteiger partial charge in [0.2, 0.25) is 0 Å². The summed E-state index contributed by atoms with van der Waals surface area (Å²) in [7, 11) is 0. The second-order valence-corrected chi connectivity index (χ2v) is 8.51. The van der Waals surface area contributed by atoms with E-state index in [9.17, 15) is 4.79 Å². The Morgan fingerprint density at radius 3 is 2.71 bits per heavy atom. The molecular formula is C16H24BrNO2S. The lowest BCUT2D eigenvalue weighted by Crippen LogP contribution is -2.27. The van der Waals surface area contributed by atoms with Crippen molar-refractivity contribution in [3.05, 3.63) is 20.3 Å². The molecule has 1 atom stereocenters. The molecule has 1 aliphatic carbocycles. The summed E-state index contributed by atoms with van der Waals surface area (Å²) >= 11 is 5.27. The highest BCUT2D eigenvalue weighted by molar-refractivity contribution is 9.11. The van der Waals surface area contributed by atoms with Crippen molar-refractivity contribution >= 4 is 33.2 Å². The summed E-state index contributed by atoms with van der Waals surface area (Å²) in [6, 6.07) is 2.17. The summed E-state index contributed by atoms with van der Waals surface area (Å²) in [6.07, 6.45) is 5.95. The van der Waals surface area contributed by atoms with E-state index in [-0.39, 0.29) is 17.4 Å². The van der Waals surface area contributed by atoms with E-state index in [1.54, 1.807) is 11.3 Å². The van der Waals surface area contributed by atoms with Crippen LogP contribution in [0.1, 0.15) is 61.9 Å². The SMILES string of the molecule is CCOC(=O)CC1(CC(N)c2cc(C)c(Br)s2)CCCC1. The minimum absolute atomic E-state index is 0.00697. The molecular weight excluding hydrogens is 350 g/mol. The third-order valence-corrected chi connectivity index (χ3v) is 6.65. The number of aryl methyl sites for hydroxylation is 1. The molecule has 1 saturated carbocycles. The Labute approximate surface area is 139 Å². The Bertz CT molecular complexity index is 475. The first-order chi connectivity index (χ1) is 9.96. The Kier molecular flexibility index (Phi) is 5.86. The van der Waals surface area contributed by atoms with Gasteiger partial charge in [0.25, 0.3) is 0 Å². The molecule has 0 saturated heterocycles. The van der Waals surface area contributed by atoms with Crippen LogP contribution in [-0.2, 0) is 9.53 Å². The van der Waals surface area contributed by atoms with Crippen LogP contribution >= 0.6 is 27.3 Å². The fraction of sp³-hybridized carbons (Fsp3) is 0.688. The Morgan fingerprint density at radius 1 is 1.52 bits per heavy atom. The van der Waals surface area contributed by atoms with Crippen molar-refractivity contribution < 1.29 is 9.53 Å². The molecule has 2 rings (SSSR count). The fourth-order valence-electron chi connectivity index (χ4n) is 3.33. The van der Waals surface area contributed by atoms with Crippen LogP contribution in [0.25, 0.3) is 0 Å². The number of hydrogen-bond donors (Lipinski definition) is 1. The van der Waals surface area contributed by atoms with Gasteiger partial charge in [0.05, 0.1) is 16.8 Å². The molecule has 1 aromatic heterocycles. The summed E-state index contributed by atoms with van der Waals surface area (Å²) < 4.78 is 6.31. The van der Waals surface area contributed by atoms with E-state index in [1.165, 1.54) is 23.3 Å². The van der Waals surface area contributed by atoms with Crippen LogP contribution in [0.2, 0.25) is 0 Å². The third-order valence-electron chi connectivity index (χ3n) is 4.38. The largest absolute Gasteiger partial charge is 0.466 e. The average Bonchev–Trinajstić information content (AvgIpc) is 2.98. The molecule has 2 N–H and O–H groups in total. The lowest BCUT2D eigenvalue weighted by atomic mass is 9.77. The van der Waals surface area contributed by atoms with Crippen LogP contribution in [0.3, 0.4) is 0 Å². The van der Waals surface area contributed by atoms with Gasteiger partial charge in [-0.1, -0.05) is 12.8 Å². The maximum atomic E-state index is 11.9. The molecule has 0 spiro atoms. The first kappa shape index (κ1) is 17.0. The lowest BCUT2D eigenvalue weighted by molar-refractivity contribution is -0.146. The minimum Gasteiger partial charge on any atom is -0.466 e. The molecule has 0 aliphatic heterocycles. The second-order valence-electron chi connectivity index (χ2n) is 6.11. The number of thiophene rings is 1. The molecule has 0 bridgehead atoms. The molecule has 0 radical (unpaired) electrons. The van der Waals surface area contributed by atoms with Crippen molar-refractivity contribution in [2.75, 3.05) is 6.61 Å². The highest BCUT2D eigenvalue weighted by Crippen LogP contribution is 2.48. The quantitative estimate of drug-likeness (QED) is 0.733. The normalized spacial score (nSPS) is 18.7. The molecule has 118 valence electrons. The van der Waals surface area contributed by atoms with Crippen LogP contribution in [-0.4, -0.2) is 12.6 Å². The Morgan fingerprint density at radius 2 is 2.19 bits per heavy atom. The monoisotopic (exact) mass is 373 g/mol. The maximum absolute atomic E-state index is 11.9. The van der Waals surface area contributed by atoms with Crippen LogP contribution in [0.5, 0.6) is 0 Å². The van der Waals surface area contributed by atoms with E-state index in [0.29, 0.717) is 13.0 Å². The van der Waals surface area contributed by atoms with E-state index < -0.39 is 0 Å². The number of ether oxygens (including phenoxy) is 1. The molecule has 1 aromatic rings. The van der Waals surface area contributed by atoms with Gasteiger partial charge in [0, 0.05) is 10.9 Å². The summed E-state index contributed by atoms with van der Waals surface area (Å²) in [5, 5.41) is 0. The number of carbonyl (C=O) groups is 1. The van der Waals surface area contributed by atoms with E-state index >= 15 is 0 Å². The van der Waals surface area contributed by atoms with Gasteiger partial charge in [0.15, 0.2) is 0 Å². The Balaban J connectivity index is 2.06. The molecule has 0 aromatic carbocycles. The van der Waals surface area contributed by atoms with Gasteiger partial charge in [-0.15, -0.1) is 11.3 Å². The summed E-state index contributed by atoms with van der Waals surface area (Å²) in [5.41, 5.74) is 7.70. The van der Waals surface area contributed by atoms with Crippen molar-refractivity contribution in [2.24, 2.45) is 11.1 Å². The molecule has 1 fully saturated rings. The molecule has 1 unspecified atom stereocenters. The maximum Gasteiger partial charge on any atom is 0.306 e. The van der Waals surface area contributed by atoms with Crippen LogP contribution < -0.4 is 5.73 Å². The van der Waals surface area contributed by atoms with Gasteiger partial charge in [-0.25, -0.2) is 0 Å². The van der Waals surface area contributed by atoms with Gasteiger partial charge in [-0.3, -0.25) is 4.79 Å². The molecule has 1 heterocycles. The van der Waals surface area contributed by atoms with Crippen molar-refractivity contribution in [2.45, 2.75) is 58.4 Å². The lowest BCUT2D eigenvalue weighted by Gasteiger charge is -2.30. The second kappa shape index (κ2) is 7.25. The van der Waals surface area contributed by atoms with Crippen molar-refractivity contribution in [3.63, 3.8) is 0 Å². The minimum atomic E-state index is -0.0739. The Hall–Kier alpha value is -0.390. The zero-order valence-corrected chi connectivity index (χ0v) is 15.2. The van der Waals surface area contributed by atoms with Gasteiger partial charge in [-0.05, 0) is 66.1 Å². The van der Waals surface area contributed by atoms with E-state index in [1.807, 2.05) is 6.92 Å². The standard InChI is InChI=1S/C16H24BrNO2S/c1-3-20-14(19)10-16(6-4-5-7-16)9-12(18)13-8-11(2)15(17)21-13/h8,12H,3-7,9-10,18H2,1-2H3. The number of hydrogen-bond acceptors (Lipinski definition) is 4. The first-order valence-electron chi connectivity index (χ1n) is 7.63. The number of carbonyl (C=O) groups excluding carboxylic acids is 1. The fourth-order valence-corrected chi connectivity index (χ4v) is 4.90. The zero-order chi connectivity index (χ0) is 15.5. The van der Waals surface area contributed by atoms with E-state index in [2.05, 4.69) is 28.9 Å². The van der Waals surface area contributed by atoms with Gasteiger partial charge < -0.3 is 10.5 Å². The summed E-state index contributed by atoms with van der Waals surface area (Å²) in [6.45, 7) is 4.40. The molecule has 0 amide bonds.